The summed E-state index contributed by atoms with van der Waals surface area (Å²) >= 11 is 0. The average Bonchev–Trinajstić information content (AvgIpc) is 2.70. The Bertz CT molecular complexity index is 576. The van der Waals surface area contributed by atoms with E-state index in [0.29, 0.717) is 11.7 Å². The number of carbonyl (C=O) groups excluding carboxylic acids is 1. The van der Waals surface area contributed by atoms with Crippen molar-refractivity contribution in [1.82, 2.24) is 4.98 Å². The van der Waals surface area contributed by atoms with Crippen LogP contribution in [-0.2, 0) is 4.79 Å². The molecule has 0 aliphatic heterocycles. The molecule has 0 radical (unpaired) electrons. The van der Waals surface area contributed by atoms with Crippen LogP contribution < -0.4 is 0 Å². The molecule has 0 amide bonds. The van der Waals surface area contributed by atoms with Crippen molar-refractivity contribution in [3.8, 4) is 0 Å². The Balaban J connectivity index is 2.04. The predicted molar refractivity (Wildman–Crippen MR) is 67.9 cm³/mol. The molecule has 2 aromatic rings. The molecule has 0 bridgehead atoms. The summed E-state index contributed by atoms with van der Waals surface area (Å²) in [6.07, 6.45) is 3.53. The van der Waals surface area contributed by atoms with E-state index in [-0.39, 0.29) is 5.92 Å². The lowest BCUT2D eigenvalue weighted by Crippen LogP contribution is -2.08. The van der Waals surface area contributed by atoms with E-state index in [9.17, 15) is 4.79 Å². The van der Waals surface area contributed by atoms with E-state index in [2.05, 4.69) is 29.2 Å². The zero-order valence-corrected chi connectivity index (χ0v) is 9.89. The number of rotatable bonds is 1. The largest absolute Gasteiger partial charge is 0.299 e. The Morgan fingerprint density at radius 3 is 2.94 bits per heavy atom. The minimum atomic E-state index is 0.170. The van der Waals surface area contributed by atoms with Gasteiger partial charge in [-0.05, 0) is 36.1 Å². The van der Waals surface area contributed by atoms with E-state index in [0.717, 1.165) is 23.7 Å². The molecule has 1 fully saturated rings. The Kier molecular flexibility index (Phi) is 2.43. The second-order valence-electron chi connectivity index (χ2n) is 4.86. The van der Waals surface area contributed by atoms with Gasteiger partial charge in [0.25, 0.3) is 0 Å². The Morgan fingerprint density at radius 1 is 1.29 bits per heavy atom. The number of Topliss-reactive ketones (excluding diaryl/α,β-unsaturated/α-hetero) is 1. The van der Waals surface area contributed by atoms with Crippen LogP contribution in [0.4, 0.5) is 0 Å². The van der Waals surface area contributed by atoms with Gasteiger partial charge in [0, 0.05) is 23.9 Å². The summed E-state index contributed by atoms with van der Waals surface area (Å²) in [5, 5.41) is 1.16. The molecule has 2 nitrogen and oxygen atoms in total. The van der Waals surface area contributed by atoms with Crippen molar-refractivity contribution < 1.29 is 4.79 Å². The van der Waals surface area contributed by atoms with Gasteiger partial charge >= 0.3 is 0 Å². The van der Waals surface area contributed by atoms with Gasteiger partial charge in [-0.1, -0.05) is 19.1 Å². The van der Waals surface area contributed by atoms with Crippen molar-refractivity contribution in [2.45, 2.75) is 25.7 Å². The lowest BCUT2D eigenvalue weighted by molar-refractivity contribution is -0.120. The summed E-state index contributed by atoms with van der Waals surface area (Å²) in [6.45, 7) is 2.05. The third-order valence-corrected chi connectivity index (χ3v) is 3.87. The first-order chi connectivity index (χ1) is 8.25. The van der Waals surface area contributed by atoms with E-state index >= 15 is 0 Å². The number of benzene rings is 1. The van der Waals surface area contributed by atoms with Crippen LogP contribution in [0.2, 0.25) is 0 Å². The molecule has 1 aromatic heterocycles. The molecule has 2 unspecified atom stereocenters. The number of hydrogen-bond acceptors (Lipinski definition) is 2. The maximum Gasteiger partial charge on any atom is 0.136 e. The number of aromatic nitrogens is 1. The first-order valence-electron chi connectivity index (χ1n) is 6.13. The number of carbonyl (C=O) groups is 1. The van der Waals surface area contributed by atoms with Crippen molar-refractivity contribution in [3.63, 3.8) is 0 Å². The maximum absolute atomic E-state index is 11.6. The summed E-state index contributed by atoms with van der Waals surface area (Å²) in [7, 11) is 0. The summed E-state index contributed by atoms with van der Waals surface area (Å²) in [6, 6.07) is 10.4. The van der Waals surface area contributed by atoms with Gasteiger partial charge in [0.1, 0.15) is 5.78 Å². The fraction of sp³-hybridized carbons (Fsp3) is 0.333. The van der Waals surface area contributed by atoms with Gasteiger partial charge in [-0.2, -0.15) is 0 Å². The molecule has 0 saturated heterocycles. The zero-order valence-electron chi connectivity index (χ0n) is 9.89. The third kappa shape index (κ3) is 1.74. The van der Waals surface area contributed by atoms with Gasteiger partial charge in [-0.3, -0.25) is 9.78 Å². The van der Waals surface area contributed by atoms with E-state index < -0.39 is 0 Å². The first-order valence-corrected chi connectivity index (χ1v) is 6.13. The minimum absolute atomic E-state index is 0.170. The zero-order chi connectivity index (χ0) is 11.8. The van der Waals surface area contributed by atoms with Crippen LogP contribution in [-0.4, -0.2) is 10.8 Å². The lowest BCUT2D eigenvalue weighted by atomic mass is 9.89. The molecule has 1 aliphatic carbocycles. The van der Waals surface area contributed by atoms with Crippen molar-refractivity contribution in [2.24, 2.45) is 5.92 Å². The van der Waals surface area contributed by atoms with Crippen LogP contribution in [0, 0.1) is 5.92 Å². The number of fused-ring (bicyclic) bond motifs is 1. The van der Waals surface area contributed by atoms with Crippen molar-refractivity contribution >= 4 is 16.7 Å². The predicted octanol–water partition coefficient (Wildman–Crippen LogP) is 3.32. The summed E-state index contributed by atoms with van der Waals surface area (Å²) < 4.78 is 0. The molecule has 3 rings (SSSR count). The van der Waals surface area contributed by atoms with Crippen LogP contribution in [0.3, 0.4) is 0 Å². The smallest absolute Gasteiger partial charge is 0.136 e. The maximum atomic E-state index is 11.6. The second kappa shape index (κ2) is 3.95. The minimum Gasteiger partial charge on any atom is -0.299 e. The van der Waals surface area contributed by atoms with Crippen LogP contribution >= 0.6 is 0 Å². The molecular formula is C15H15NO. The Morgan fingerprint density at radius 2 is 2.18 bits per heavy atom. The lowest BCUT2D eigenvalue weighted by Gasteiger charge is -2.14. The van der Waals surface area contributed by atoms with E-state index in [1.165, 1.54) is 5.56 Å². The highest BCUT2D eigenvalue weighted by Crippen LogP contribution is 2.37. The van der Waals surface area contributed by atoms with Crippen LogP contribution in [0.5, 0.6) is 0 Å². The SMILES string of the molecule is CC1C(=O)CCC1c1ccc2ncccc2c1. The second-order valence-corrected chi connectivity index (χ2v) is 4.86. The quantitative estimate of drug-likeness (QED) is 0.745. The molecule has 86 valence electrons. The molecule has 0 N–H and O–H groups in total. The molecule has 1 aliphatic rings. The molecule has 2 heteroatoms. The van der Waals surface area contributed by atoms with Gasteiger partial charge in [-0.25, -0.2) is 0 Å². The highest BCUT2D eigenvalue weighted by atomic mass is 16.1. The normalized spacial score (nSPS) is 24.4. The fourth-order valence-corrected chi connectivity index (χ4v) is 2.78. The van der Waals surface area contributed by atoms with E-state index in [4.69, 9.17) is 0 Å². The molecular weight excluding hydrogens is 210 g/mol. The van der Waals surface area contributed by atoms with Gasteiger partial charge < -0.3 is 0 Å². The van der Waals surface area contributed by atoms with Crippen LogP contribution in [0.1, 0.15) is 31.2 Å². The summed E-state index contributed by atoms with van der Waals surface area (Å²) in [5.41, 5.74) is 2.30. The van der Waals surface area contributed by atoms with Gasteiger partial charge in [0.15, 0.2) is 0 Å². The highest BCUT2D eigenvalue weighted by molar-refractivity contribution is 5.85. The first kappa shape index (κ1) is 10.5. The average molecular weight is 225 g/mol. The molecule has 1 saturated carbocycles. The highest BCUT2D eigenvalue weighted by Gasteiger charge is 2.31. The number of hydrogen-bond donors (Lipinski definition) is 0. The fourth-order valence-electron chi connectivity index (χ4n) is 2.78. The topological polar surface area (TPSA) is 30.0 Å². The van der Waals surface area contributed by atoms with Crippen molar-refractivity contribution in [3.05, 3.63) is 42.1 Å². The molecule has 2 atom stereocenters. The number of pyridine rings is 1. The van der Waals surface area contributed by atoms with Crippen LogP contribution in [0.15, 0.2) is 36.5 Å². The van der Waals surface area contributed by atoms with Gasteiger partial charge in [0.2, 0.25) is 0 Å². The van der Waals surface area contributed by atoms with Crippen molar-refractivity contribution in [1.29, 1.82) is 0 Å². The molecule has 17 heavy (non-hydrogen) atoms. The standard InChI is InChI=1S/C15H15NO/c1-10-13(5-7-15(10)17)11-4-6-14-12(9-11)3-2-8-16-14/h2-4,6,8-10,13H,5,7H2,1H3. The Labute approximate surface area is 101 Å². The monoisotopic (exact) mass is 225 g/mol. The molecule has 1 aromatic carbocycles. The molecule has 0 spiro atoms. The number of ketones is 1. The van der Waals surface area contributed by atoms with E-state index in [1.807, 2.05) is 19.2 Å². The summed E-state index contributed by atoms with van der Waals surface area (Å²) in [4.78, 5) is 15.9. The molecule has 1 heterocycles. The van der Waals surface area contributed by atoms with Gasteiger partial charge in [-0.15, -0.1) is 0 Å². The number of nitrogens with zero attached hydrogens (tertiary/aromatic N) is 1. The van der Waals surface area contributed by atoms with E-state index in [1.54, 1.807) is 0 Å². The third-order valence-electron chi connectivity index (χ3n) is 3.87. The Hall–Kier alpha value is -1.70. The van der Waals surface area contributed by atoms with Crippen molar-refractivity contribution in [2.75, 3.05) is 0 Å². The summed E-state index contributed by atoms with van der Waals surface area (Å²) in [5.74, 6) is 0.970. The van der Waals surface area contributed by atoms with Crippen LogP contribution in [0.25, 0.3) is 10.9 Å². The van der Waals surface area contributed by atoms with Gasteiger partial charge in [0.05, 0.1) is 5.52 Å².